The zero-order valence-electron chi connectivity index (χ0n) is 19.7. The Labute approximate surface area is 204 Å². The number of benzene rings is 1. The first-order chi connectivity index (χ1) is 16.4. The van der Waals surface area contributed by atoms with Crippen molar-refractivity contribution in [3.8, 4) is 11.3 Å². The van der Waals surface area contributed by atoms with Crippen LogP contribution in [-0.4, -0.2) is 58.2 Å². The zero-order chi connectivity index (χ0) is 23.8. The summed E-state index contributed by atoms with van der Waals surface area (Å²) in [6.07, 6.45) is 5.51. The predicted molar refractivity (Wildman–Crippen MR) is 134 cm³/mol. The summed E-state index contributed by atoms with van der Waals surface area (Å²) in [6.45, 7) is 9.32. The molecule has 2 saturated heterocycles. The fourth-order valence-electron chi connectivity index (χ4n) is 4.84. The SMILES string of the molecule is Cc1ccc(-c2cc(N3CCN(c4nccnc4Cl)C[C@H]3C)nc(N3CCC[C@@H]3C)n2)cc1F. The molecule has 0 aliphatic carbocycles. The molecule has 7 nitrogen and oxygen atoms in total. The maximum absolute atomic E-state index is 14.4. The molecular formula is C25H29ClFN7. The van der Waals surface area contributed by atoms with Crippen LogP contribution in [0.15, 0.2) is 36.7 Å². The molecule has 34 heavy (non-hydrogen) atoms. The van der Waals surface area contributed by atoms with Gasteiger partial charge in [0, 0.05) is 62.3 Å². The van der Waals surface area contributed by atoms with Crippen LogP contribution in [0.5, 0.6) is 0 Å². The van der Waals surface area contributed by atoms with E-state index in [1.165, 1.54) is 0 Å². The largest absolute Gasteiger partial charge is 0.350 e. The van der Waals surface area contributed by atoms with E-state index in [4.69, 9.17) is 21.6 Å². The van der Waals surface area contributed by atoms with Gasteiger partial charge in [0.25, 0.3) is 0 Å². The second-order valence-corrected chi connectivity index (χ2v) is 9.58. The molecule has 0 amide bonds. The minimum absolute atomic E-state index is 0.160. The maximum Gasteiger partial charge on any atom is 0.228 e. The number of nitrogens with zero attached hydrogens (tertiary/aromatic N) is 7. The molecule has 2 aliphatic heterocycles. The van der Waals surface area contributed by atoms with E-state index in [1.807, 2.05) is 12.1 Å². The standard InChI is InChI=1S/C25H29ClFN7/c1-16-6-7-19(13-20(16)27)21-14-22(31-25(30-21)34-10-4-5-17(34)2)33-12-11-32(15-18(33)3)24-23(26)28-8-9-29-24/h6-9,13-14,17-18H,4-5,10-12,15H2,1-3H3/t17-,18+/m0/s1. The first-order valence-corrected chi connectivity index (χ1v) is 12.2. The Balaban J connectivity index is 1.49. The lowest BCUT2D eigenvalue weighted by molar-refractivity contribution is 0.541. The van der Waals surface area contributed by atoms with E-state index in [2.05, 4.69) is 38.5 Å². The highest BCUT2D eigenvalue weighted by molar-refractivity contribution is 6.31. The van der Waals surface area contributed by atoms with Gasteiger partial charge in [-0.25, -0.2) is 19.3 Å². The van der Waals surface area contributed by atoms with Crippen LogP contribution in [0.1, 0.15) is 32.3 Å². The van der Waals surface area contributed by atoms with Crippen molar-refractivity contribution in [1.82, 2.24) is 19.9 Å². The number of halogens is 2. The summed E-state index contributed by atoms with van der Waals surface area (Å²) in [7, 11) is 0. The molecule has 0 saturated carbocycles. The highest BCUT2D eigenvalue weighted by Crippen LogP contribution is 2.32. The molecular weight excluding hydrogens is 453 g/mol. The zero-order valence-corrected chi connectivity index (χ0v) is 20.5. The third-order valence-electron chi connectivity index (χ3n) is 6.84. The smallest absolute Gasteiger partial charge is 0.228 e. The topological polar surface area (TPSA) is 61.3 Å². The number of aryl methyl sites for hydroxylation is 1. The molecule has 0 radical (unpaired) electrons. The monoisotopic (exact) mass is 481 g/mol. The molecule has 2 aliphatic rings. The number of hydrogen-bond acceptors (Lipinski definition) is 7. The summed E-state index contributed by atoms with van der Waals surface area (Å²) in [5.41, 5.74) is 2.13. The molecule has 0 N–H and O–H groups in total. The predicted octanol–water partition coefficient (Wildman–Crippen LogP) is 4.74. The lowest BCUT2D eigenvalue weighted by Crippen LogP contribution is -2.53. The molecule has 4 heterocycles. The Hall–Kier alpha value is -3.00. The van der Waals surface area contributed by atoms with Crippen LogP contribution in [0.2, 0.25) is 5.15 Å². The summed E-state index contributed by atoms with van der Waals surface area (Å²) >= 11 is 6.29. The van der Waals surface area contributed by atoms with Gasteiger partial charge in [0.2, 0.25) is 5.95 Å². The quantitative estimate of drug-likeness (QED) is 0.533. The molecule has 9 heteroatoms. The van der Waals surface area contributed by atoms with Crippen molar-refractivity contribution in [2.24, 2.45) is 0 Å². The lowest BCUT2D eigenvalue weighted by atomic mass is 10.1. The normalized spacial score (nSPS) is 20.8. The molecule has 2 atom stereocenters. The van der Waals surface area contributed by atoms with Crippen molar-refractivity contribution in [1.29, 1.82) is 0 Å². The van der Waals surface area contributed by atoms with E-state index in [1.54, 1.807) is 31.5 Å². The number of piperazine rings is 1. The van der Waals surface area contributed by atoms with Crippen LogP contribution in [0.25, 0.3) is 11.3 Å². The minimum atomic E-state index is -0.225. The second-order valence-electron chi connectivity index (χ2n) is 9.22. The van der Waals surface area contributed by atoms with Crippen molar-refractivity contribution >= 4 is 29.2 Å². The van der Waals surface area contributed by atoms with Gasteiger partial charge in [-0.05, 0) is 45.2 Å². The van der Waals surface area contributed by atoms with Crippen LogP contribution in [-0.2, 0) is 0 Å². The van der Waals surface area contributed by atoms with Crippen molar-refractivity contribution in [3.05, 3.63) is 53.2 Å². The van der Waals surface area contributed by atoms with Crippen molar-refractivity contribution in [2.75, 3.05) is 40.9 Å². The van der Waals surface area contributed by atoms with Crippen LogP contribution < -0.4 is 14.7 Å². The summed E-state index contributed by atoms with van der Waals surface area (Å²) < 4.78 is 14.4. The van der Waals surface area contributed by atoms with E-state index in [-0.39, 0.29) is 11.9 Å². The molecule has 5 rings (SSSR count). The van der Waals surface area contributed by atoms with E-state index < -0.39 is 0 Å². The third-order valence-corrected chi connectivity index (χ3v) is 7.10. The van der Waals surface area contributed by atoms with Crippen molar-refractivity contribution < 1.29 is 4.39 Å². The van der Waals surface area contributed by atoms with Gasteiger partial charge in [0.15, 0.2) is 11.0 Å². The minimum Gasteiger partial charge on any atom is -0.350 e. The highest BCUT2D eigenvalue weighted by Gasteiger charge is 2.29. The Bertz CT molecular complexity index is 1190. The number of rotatable bonds is 4. The number of aromatic nitrogens is 4. The molecule has 178 valence electrons. The Morgan fingerprint density at radius 2 is 1.79 bits per heavy atom. The second kappa shape index (κ2) is 9.33. The fourth-order valence-corrected chi connectivity index (χ4v) is 5.07. The summed E-state index contributed by atoms with van der Waals surface area (Å²) in [5.74, 6) is 2.06. The van der Waals surface area contributed by atoms with E-state index in [9.17, 15) is 4.39 Å². The molecule has 2 fully saturated rings. The van der Waals surface area contributed by atoms with Gasteiger partial charge in [-0.1, -0.05) is 23.7 Å². The summed E-state index contributed by atoms with van der Waals surface area (Å²) in [5, 5.41) is 0.416. The first-order valence-electron chi connectivity index (χ1n) is 11.8. The van der Waals surface area contributed by atoms with Gasteiger partial charge in [-0.3, -0.25) is 0 Å². The molecule has 2 aromatic heterocycles. The van der Waals surface area contributed by atoms with E-state index in [0.29, 0.717) is 28.5 Å². The van der Waals surface area contributed by atoms with Crippen LogP contribution in [0.3, 0.4) is 0 Å². The van der Waals surface area contributed by atoms with Crippen LogP contribution in [0, 0.1) is 12.7 Å². The average molecular weight is 482 g/mol. The van der Waals surface area contributed by atoms with Gasteiger partial charge < -0.3 is 14.7 Å². The van der Waals surface area contributed by atoms with Crippen LogP contribution in [0.4, 0.5) is 22.0 Å². The Morgan fingerprint density at radius 3 is 2.50 bits per heavy atom. The molecule has 0 unspecified atom stereocenters. The third kappa shape index (κ3) is 4.39. The molecule has 0 bridgehead atoms. The first kappa shape index (κ1) is 22.8. The highest BCUT2D eigenvalue weighted by atomic mass is 35.5. The number of hydrogen-bond donors (Lipinski definition) is 0. The Morgan fingerprint density at radius 1 is 0.971 bits per heavy atom. The molecule has 1 aromatic carbocycles. The number of anilines is 3. The van der Waals surface area contributed by atoms with E-state index >= 15 is 0 Å². The van der Waals surface area contributed by atoms with Crippen LogP contribution >= 0.6 is 11.6 Å². The fraction of sp³-hybridized carbons (Fsp3) is 0.440. The molecule has 0 spiro atoms. The van der Waals surface area contributed by atoms with Gasteiger partial charge in [-0.2, -0.15) is 4.98 Å². The van der Waals surface area contributed by atoms with Gasteiger partial charge in [-0.15, -0.1) is 0 Å². The van der Waals surface area contributed by atoms with Gasteiger partial charge in [0.1, 0.15) is 11.6 Å². The van der Waals surface area contributed by atoms with Crippen molar-refractivity contribution in [3.63, 3.8) is 0 Å². The van der Waals surface area contributed by atoms with Crippen molar-refractivity contribution in [2.45, 2.75) is 45.7 Å². The molecule has 3 aromatic rings. The van der Waals surface area contributed by atoms with Gasteiger partial charge >= 0.3 is 0 Å². The average Bonchev–Trinajstić information content (AvgIpc) is 3.26. The summed E-state index contributed by atoms with van der Waals surface area (Å²) in [6, 6.07) is 7.82. The van der Waals surface area contributed by atoms with Gasteiger partial charge in [0.05, 0.1) is 5.69 Å². The summed E-state index contributed by atoms with van der Waals surface area (Å²) in [4.78, 5) is 25.2. The lowest BCUT2D eigenvalue weighted by Gasteiger charge is -2.41. The maximum atomic E-state index is 14.4. The Kier molecular flexibility index (Phi) is 6.25. The van der Waals surface area contributed by atoms with E-state index in [0.717, 1.165) is 56.1 Å².